The molecule has 0 heterocycles. The molecule has 1 aromatic rings. The number of carbonyl (C=O) groups excluding carboxylic acids is 1. The van der Waals surface area contributed by atoms with Gasteiger partial charge in [0.25, 0.3) is 0 Å². The minimum atomic E-state index is -0.256. The summed E-state index contributed by atoms with van der Waals surface area (Å²) in [6.45, 7) is 9.11. The number of rotatable bonds is 4. The van der Waals surface area contributed by atoms with Gasteiger partial charge in [-0.3, -0.25) is 4.79 Å². The SMILES string of the molecule is CC1(C)C(NC(=O)C(CN)c2ccccc2)C1(C)C.Cl. The molecule has 0 aliphatic heterocycles. The second-order valence-electron chi connectivity index (χ2n) is 6.58. The van der Waals surface area contributed by atoms with Crippen LogP contribution in [-0.2, 0) is 4.79 Å². The Balaban J connectivity index is 0.00000200. The first-order valence-corrected chi connectivity index (χ1v) is 6.87. The molecule has 1 saturated carbocycles. The Morgan fingerprint density at radius 2 is 1.70 bits per heavy atom. The number of amides is 1. The zero-order valence-corrected chi connectivity index (χ0v) is 13.5. The van der Waals surface area contributed by atoms with E-state index < -0.39 is 0 Å². The lowest BCUT2D eigenvalue weighted by molar-refractivity contribution is -0.122. The third kappa shape index (κ3) is 2.70. The molecule has 3 N–H and O–H groups in total. The monoisotopic (exact) mass is 296 g/mol. The van der Waals surface area contributed by atoms with E-state index in [0.717, 1.165) is 5.56 Å². The van der Waals surface area contributed by atoms with Gasteiger partial charge in [0.2, 0.25) is 5.91 Å². The van der Waals surface area contributed by atoms with Crippen molar-refractivity contribution in [3.8, 4) is 0 Å². The zero-order valence-electron chi connectivity index (χ0n) is 12.6. The number of nitrogens with one attached hydrogen (secondary N) is 1. The Labute approximate surface area is 127 Å². The first-order chi connectivity index (χ1) is 8.82. The van der Waals surface area contributed by atoms with Crippen molar-refractivity contribution in [3.63, 3.8) is 0 Å². The predicted octanol–water partition coefficient (Wildman–Crippen LogP) is 2.70. The molecule has 0 spiro atoms. The third-order valence-corrected chi connectivity index (χ3v) is 5.06. The van der Waals surface area contributed by atoms with Crippen molar-refractivity contribution in [2.75, 3.05) is 6.54 Å². The molecule has 1 aromatic carbocycles. The highest BCUT2D eigenvalue weighted by Gasteiger charge is 2.65. The molecular formula is C16H25ClN2O. The lowest BCUT2D eigenvalue weighted by Crippen LogP contribution is -2.37. The Morgan fingerprint density at radius 1 is 1.20 bits per heavy atom. The molecule has 20 heavy (non-hydrogen) atoms. The van der Waals surface area contributed by atoms with Gasteiger partial charge in [0.1, 0.15) is 0 Å². The summed E-state index contributed by atoms with van der Waals surface area (Å²) >= 11 is 0. The van der Waals surface area contributed by atoms with Gasteiger partial charge in [-0.25, -0.2) is 0 Å². The standard InChI is InChI=1S/C16H24N2O.ClH/c1-15(2)14(16(15,3)4)18-13(19)12(10-17)11-8-6-5-7-9-11;/h5-9,12,14H,10,17H2,1-4H3,(H,18,19);1H. The van der Waals surface area contributed by atoms with Gasteiger partial charge < -0.3 is 11.1 Å². The van der Waals surface area contributed by atoms with E-state index in [2.05, 4.69) is 33.0 Å². The summed E-state index contributed by atoms with van der Waals surface area (Å²) in [7, 11) is 0. The quantitative estimate of drug-likeness (QED) is 0.897. The highest BCUT2D eigenvalue weighted by atomic mass is 35.5. The Bertz CT molecular complexity index is 457. The molecular weight excluding hydrogens is 272 g/mol. The van der Waals surface area contributed by atoms with Crippen LogP contribution < -0.4 is 11.1 Å². The molecule has 2 rings (SSSR count). The van der Waals surface area contributed by atoms with Gasteiger partial charge in [-0.15, -0.1) is 12.4 Å². The summed E-state index contributed by atoms with van der Waals surface area (Å²) in [5, 5.41) is 3.16. The summed E-state index contributed by atoms with van der Waals surface area (Å²) in [4.78, 5) is 12.4. The van der Waals surface area contributed by atoms with Gasteiger partial charge in [0.05, 0.1) is 5.92 Å². The van der Waals surface area contributed by atoms with Crippen LogP contribution in [0, 0.1) is 10.8 Å². The highest BCUT2D eigenvalue weighted by Crippen LogP contribution is 2.62. The fourth-order valence-corrected chi connectivity index (χ4v) is 2.88. The summed E-state index contributed by atoms with van der Waals surface area (Å²) in [5.41, 5.74) is 7.06. The number of benzene rings is 1. The van der Waals surface area contributed by atoms with E-state index in [1.165, 1.54) is 0 Å². The number of hydrogen-bond acceptors (Lipinski definition) is 2. The van der Waals surface area contributed by atoms with E-state index in [1.807, 2.05) is 30.3 Å². The smallest absolute Gasteiger partial charge is 0.229 e. The van der Waals surface area contributed by atoms with Gasteiger partial charge in [-0.05, 0) is 16.4 Å². The van der Waals surface area contributed by atoms with E-state index in [1.54, 1.807) is 0 Å². The van der Waals surface area contributed by atoms with Gasteiger partial charge in [0.15, 0.2) is 0 Å². The van der Waals surface area contributed by atoms with Gasteiger partial charge >= 0.3 is 0 Å². The third-order valence-electron chi connectivity index (χ3n) is 5.06. The van der Waals surface area contributed by atoms with E-state index in [4.69, 9.17) is 5.73 Å². The van der Waals surface area contributed by atoms with Crippen molar-refractivity contribution >= 4 is 18.3 Å². The van der Waals surface area contributed by atoms with E-state index >= 15 is 0 Å². The normalized spacial score (nSPS) is 20.6. The first kappa shape index (κ1) is 17.0. The molecule has 1 aliphatic carbocycles. The summed E-state index contributed by atoms with van der Waals surface area (Å²) in [6.07, 6.45) is 0. The maximum atomic E-state index is 12.4. The van der Waals surface area contributed by atoms with Crippen LogP contribution in [0.15, 0.2) is 30.3 Å². The molecule has 112 valence electrons. The molecule has 0 bridgehead atoms. The number of halogens is 1. The van der Waals surface area contributed by atoms with Crippen molar-refractivity contribution in [1.82, 2.24) is 5.32 Å². The molecule has 1 fully saturated rings. The largest absolute Gasteiger partial charge is 0.352 e. The molecule has 1 amide bonds. The predicted molar refractivity (Wildman–Crippen MR) is 85.0 cm³/mol. The van der Waals surface area contributed by atoms with Crippen molar-refractivity contribution < 1.29 is 4.79 Å². The Kier molecular flexibility index (Phi) is 4.88. The Morgan fingerprint density at radius 3 is 2.10 bits per heavy atom. The Hall–Kier alpha value is -1.06. The lowest BCUT2D eigenvalue weighted by atomic mass is 9.98. The second kappa shape index (κ2) is 5.74. The van der Waals surface area contributed by atoms with Gasteiger partial charge in [-0.2, -0.15) is 0 Å². The average Bonchev–Trinajstić information content (AvgIpc) is 2.74. The average molecular weight is 297 g/mol. The van der Waals surface area contributed by atoms with Crippen LogP contribution in [0.3, 0.4) is 0 Å². The minimum absolute atomic E-state index is 0. The number of nitrogens with two attached hydrogens (primary N) is 1. The van der Waals surface area contributed by atoms with Crippen LogP contribution in [-0.4, -0.2) is 18.5 Å². The summed E-state index contributed by atoms with van der Waals surface area (Å²) in [5.74, 6) is -0.217. The topological polar surface area (TPSA) is 55.1 Å². The van der Waals surface area contributed by atoms with Crippen LogP contribution >= 0.6 is 12.4 Å². The first-order valence-electron chi connectivity index (χ1n) is 6.87. The van der Waals surface area contributed by atoms with Crippen molar-refractivity contribution in [3.05, 3.63) is 35.9 Å². The van der Waals surface area contributed by atoms with Gasteiger partial charge in [-0.1, -0.05) is 58.0 Å². The molecule has 0 aromatic heterocycles. The van der Waals surface area contributed by atoms with Crippen LogP contribution in [0.4, 0.5) is 0 Å². The maximum absolute atomic E-state index is 12.4. The van der Waals surface area contributed by atoms with Crippen LogP contribution in [0.5, 0.6) is 0 Å². The molecule has 1 atom stereocenters. The van der Waals surface area contributed by atoms with Gasteiger partial charge in [0, 0.05) is 12.6 Å². The molecule has 1 unspecified atom stereocenters. The minimum Gasteiger partial charge on any atom is -0.352 e. The van der Waals surface area contributed by atoms with E-state index in [-0.39, 0.29) is 41.1 Å². The van der Waals surface area contributed by atoms with Crippen LogP contribution in [0.1, 0.15) is 39.2 Å². The lowest BCUT2D eigenvalue weighted by Gasteiger charge is -2.16. The molecule has 1 aliphatic rings. The zero-order chi connectivity index (χ0) is 14.3. The summed E-state index contributed by atoms with van der Waals surface area (Å²) in [6, 6.07) is 9.97. The maximum Gasteiger partial charge on any atom is 0.229 e. The van der Waals surface area contributed by atoms with Crippen LogP contribution in [0.2, 0.25) is 0 Å². The summed E-state index contributed by atoms with van der Waals surface area (Å²) < 4.78 is 0. The second-order valence-corrected chi connectivity index (χ2v) is 6.58. The number of carbonyl (C=O) groups is 1. The highest BCUT2D eigenvalue weighted by molar-refractivity contribution is 5.85. The fraction of sp³-hybridized carbons (Fsp3) is 0.562. The van der Waals surface area contributed by atoms with Crippen molar-refractivity contribution in [2.24, 2.45) is 16.6 Å². The molecule has 0 saturated heterocycles. The molecule has 3 nitrogen and oxygen atoms in total. The van der Waals surface area contributed by atoms with E-state index in [0.29, 0.717) is 6.54 Å². The molecule has 4 heteroatoms. The van der Waals surface area contributed by atoms with Crippen molar-refractivity contribution in [2.45, 2.75) is 39.7 Å². The number of hydrogen-bond donors (Lipinski definition) is 2. The molecule has 0 radical (unpaired) electrons. The van der Waals surface area contributed by atoms with Crippen molar-refractivity contribution in [1.29, 1.82) is 0 Å². The van der Waals surface area contributed by atoms with E-state index in [9.17, 15) is 4.79 Å². The van der Waals surface area contributed by atoms with Crippen LogP contribution in [0.25, 0.3) is 0 Å². The fourth-order valence-electron chi connectivity index (χ4n) is 2.88.